The van der Waals surface area contributed by atoms with Crippen molar-refractivity contribution < 1.29 is 47.6 Å². The van der Waals surface area contributed by atoms with Crippen LogP contribution in [0.1, 0.15) is 44.4 Å². The molecular formula is C33H34O10. The van der Waals surface area contributed by atoms with Crippen LogP contribution in [0.4, 0.5) is 0 Å². The molecule has 1 heterocycles. The minimum absolute atomic E-state index is 0.368. The molecule has 0 aliphatic carbocycles. The van der Waals surface area contributed by atoms with E-state index in [1.165, 1.54) is 27.7 Å². The summed E-state index contributed by atoms with van der Waals surface area (Å²) in [6.07, 6.45) is -6.64. The van der Waals surface area contributed by atoms with Gasteiger partial charge in [0, 0.05) is 27.7 Å². The average Bonchev–Trinajstić information content (AvgIpc) is 2.98. The highest BCUT2D eigenvalue weighted by atomic mass is 16.7. The molecule has 0 saturated carbocycles. The summed E-state index contributed by atoms with van der Waals surface area (Å²) in [7, 11) is 0. The van der Waals surface area contributed by atoms with Crippen LogP contribution in [-0.4, -0.2) is 61.2 Å². The molecule has 0 aromatic heterocycles. The SMILES string of the molecule is CC(=O)OC[C@H]1O[C@H](OC(c2ccccc2)(c2ccccc2)c2ccccc2)[C@H](OC(C)=O)[C@@H](OC(C)=O)[C@@H]1OC(C)=O. The van der Waals surface area contributed by atoms with Gasteiger partial charge in [0.1, 0.15) is 18.3 Å². The Balaban J connectivity index is 1.93. The lowest BCUT2D eigenvalue weighted by molar-refractivity contribution is -0.324. The third-order valence-corrected chi connectivity index (χ3v) is 6.78. The van der Waals surface area contributed by atoms with Gasteiger partial charge in [0.15, 0.2) is 18.3 Å². The van der Waals surface area contributed by atoms with E-state index in [1.54, 1.807) is 0 Å². The molecule has 1 aliphatic rings. The van der Waals surface area contributed by atoms with Crippen LogP contribution >= 0.6 is 0 Å². The number of carbonyl (C=O) groups excluding carboxylic acids is 4. The Hall–Kier alpha value is -4.54. The quantitative estimate of drug-likeness (QED) is 0.194. The normalized spacial score (nSPS) is 21.7. The molecule has 3 aromatic carbocycles. The fourth-order valence-corrected chi connectivity index (χ4v) is 5.18. The zero-order valence-corrected chi connectivity index (χ0v) is 24.3. The summed E-state index contributed by atoms with van der Waals surface area (Å²) in [5.41, 5.74) is 0.828. The number of carbonyl (C=O) groups is 4. The standard InChI is InChI=1S/C33H34O10/c1-21(34)38-20-28-29(39-22(2)35)30(40-23(3)36)31(41-24(4)37)32(42-28)43-33(25-14-8-5-9-15-25,26-16-10-6-11-17-26)27-18-12-7-13-19-27/h5-19,28-32H,20H2,1-4H3/t28-,29-,30+,31-,32-/m1/s1. The molecule has 1 aliphatic heterocycles. The molecule has 0 spiro atoms. The van der Waals surface area contributed by atoms with Crippen molar-refractivity contribution in [2.24, 2.45) is 0 Å². The maximum atomic E-state index is 12.4. The molecule has 0 N–H and O–H groups in total. The van der Waals surface area contributed by atoms with Crippen LogP contribution in [-0.2, 0) is 53.2 Å². The lowest BCUT2D eigenvalue weighted by Gasteiger charge is -2.47. The second kappa shape index (κ2) is 14.1. The van der Waals surface area contributed by atoms with Crippen LogP contribution in [0.3, 0.4) is 0 Å². The molecule has 43 heavy (non-hydrogen) atoms. The molecule has 0 bridgehead atoms. The Kier molecular flexibility index (Phi) is 10.3. The molecule has 1 saturated heterocycles. The summed E-state index contributed by atoms with van der Waals surface area (Å²) < 4.78 is 35.4. The fraction of sp³-hybridized carbons (Fsp3) is 0.333. The Morgan fingerprint density at radius 1 is 0.581 bits per heavy atom. The van der Waals surface area contributed by atoms with Crippen LogP contribution in [0.25, 0.3) is 0 Å². The summed E-state index contributed by atoms with van der Waals surface area (Å²) in [5.74, 6) is -2.77. The minimum atomic E-state index is -1.42. The van der Waals surface area contributed by atoms with Crippen LogP contribution in [0, 0.1) is 0 Å². The molecule has 1 fully saturated rings. The van der Waals surface area contributed by atoms with Crippen molar-refractivity contribution in [2.75, 3.05) is 6.61 Å². The molecule has 0 radical (unpaired) electrons. The number of ether oxygens (including phenoxy) is 6. The average molecular weight is 591 g/mol. The third kappa shape index (κ3) is 7.46. The summed E-state index contributed by atoms with van der Waals surface area (Å²) >= 11 is 0. The van der Waals surface area contributed by atoms with Crippen molar-refractivity contribution in [1.29, 1.82) is 0 Å². The van der Waals surface area contributed by atoms with Gasteiger partial charge in [-0.15, -0.1) is 0 Å². The molecule has 10 nitrogen and oxygen atoms in total. The van der Waals surface area contributed by atoms with Gasteiger partial charge in [0.25, 0.3) is 0 Å². The van der Waals surface area contributed by atoms with Crippen molar-refractivity contribution in [2.45, 2.75) is 64.0 Å². The predicted molar refractivity (Wildman–Crippen MR) is 152 cm³/mol. The van der Waals surface area contributed by atoms with Crippen molar-refractivity contribution >= 4 is 23.9 Å². The fourth-order valence-electron chi connectivity index (χ4n) is 5.18. The van der Waals surface area contributed by atoms with Gasteiger partial charge in [-0.2, -0.15) is 0 Å². The Morgan fingerprint density at radius 2 is 0.977 bits per heavy atom. The van der Waals surface area contributed by atoms with Crippen LogP contribution < -0.4 is 0 Å². The molecule has 5 atom stereocenters. The molecule has 3 aromatic rings. The first-order chi connectivity index (χ1) is 20.6. The zero-order chi connectivity index (χ0) is 31.0. The lowest BCUT2D eigenvalue weighted by atomic mass is 9.80. The number of esters is 4. The van der Waals surface area contributed by atoms with Gasteiger partial charge in [-0.05, 0) is 16.7 Å². The van der Waals surface area contributed by atoms with Crippen molar-refractivity contribution in [3.8, 4) is 0 Å². The van der Waals surface area contributed by atoms with E-state index in [0.29, 0.717) is 0 Å². The van der Waals surface area contributed by atoms with E-state index >= 15 is 0 Å². The number of hydrogen-bond donors (Lipinski definition) is 0. The monoisotopic (exact) mass is 590 g/mol. The summed E-state index contributed by atoms with van der Waals surface area (Å²) in [6.45, 7) is 4.37. The van der Waals surface area contributed by atoms with Crippen molar-refractivity contribution in [1.82, 2.24) is 0 Å². The summed E-state index contributed by atoms with van der Waals surface area (Å²) in [5, 5.41) is 0. The Labute approximate surface area is 249 Å². The minimum Gasteiger partial charge on any atom is -0.463 e. The first kappa shape index (κ1) is 31.4. The van der Waals surface area contributed by atoms with Gasteiger partial charge in [-0.3, -0.25) is 19.2 Å². The Morgan fingerprint density at radius 3 is 1.37 bits per heavy atom. The maximum absolute atomic E-state index is 12.4. The van der Waals surface area contributed by atoms with Gasteiger partial charge in [0.05, 0.1) is 0 Å². The number of hydrogen-bond acceptors (Lipinski definition) is 10. The highest BCUT2D eigenvalue weighted by Gasteiger charge is 2.55. The highest BCUT2D eigenvalue weighted by molar-refractivity contribution is 5.68. The van der Waals surface area contributed by atoms with Crippen molar-refractivity contribution in [3.05, 3.63) is 108 Å². The van der Waals surface area contributed by atoms with E-state index in [-0.39, 0.29) is 6.61 Å². The van der Waals surface area contributed by atoms with Gasteiger partial charge in [-0.1, -0.05) is 91.0 Å². The second-order valence-electron chi connectivity index (χ2n) is 9.96. The molecule has 4 rings (SSSR count). The second-order valence-corrected chi connectivity index (χ2v) is 9.96. The van der Waals surface area contributed by atoms with E-state index < -0.39 is 60.2 Å². The molecule has 10 heteroatoms. The van der Waals surface area contributed by atoms with Gasteiger partial charge in [0.2, 0.25) is 6.29 Å². The summed E-state index contributed by atoms with van der Waals surface area (Å²) in [6, 6.07) is 28.2. The predicted octanol–water partition coefficient (Wildman–Crippen LogP) is 4.08. The highest BCUT2D eigenvalue weighted by Crippen LogP contribution is 2.44. The molecule has 0 amide bonds. The van der Waals surface area contributed by atoms with Crippen LogP contribution in [0.2, 0.25) is 0 Å². The van der Waals surface area contributed by atoms with Gasteiger partial charge >= 0.3 is 23.9 Å². The summed E-state index contributed by atoms with van der Waals surface area (Å²) in [4.78, 5) is 48.7. The third-order valence-electron chi connectivity index (χ3n) is 6.78. The molecule has 226 valence electrons. The largest absolute Gasteiger partial charge is 0.463 e. The van der Waals surface area contributed by atoms with Gasteiger partial charge in [-0.25, -0.2) is 0 Å². The maximum Gasteiger partial charge on any atom is 0.303 e. The van der Waals surface area contributed by atoms with Crippen LogP contribution in [0.5, 0.6) is 0 Å². The first-order valence-corrected chi connectivity index (χ1v) is 13.8. The van der Waals surface area contributed by atoms with Crippen molar-refractivity contribution in [3.63, 3.8) is 0 Å². The van der Waals surface area contributed by atoms with E-state index in [2.05, 4.69) is 0 Å². The smallest absolute Gasteiger partial charge is 0.303 e. The lowest BCUT2D eigenvalue weighted by Crippen LogP contribution is -2.64. The van der Waals surface area contributed by atoms with E-state index in [9.17, 15) is 19.2 Å². The number of rotatable bonds is 10. The zero-order valence-electron chi connectivity index (χ0n) is 24.3. The van der Waals surface area contributed by atoms with Crippen LogP contribution in [0.15, 0.2) is 91.0 Å². The van der Waals surface area contributed by atoms with E-state index in [4.69, 9.17) is 28.4 Å². The molecule has 0 unspecified atom stereocenters. The molecular weight excluding hydrogens is 556 g/mol. The Bertz CT molecular complexity index is 1300. The van der Waals surface area contributed by atoms with Gasteiger partial charge < -0.3 is 28.4 Å². The van der Waals surface area contributed by atoms with E-state index in [1.807, 2.05) is 91.0 Å². The number of benzene rings is 3. The topological polar surface area (TPSA) is 124 Å². The van der Waals surface area contributed by atoms with E-state index in [0.717, 1.165) is 16.7 Å². The first-order valence-electron chi connectivity index (χ1n) is 13.8.